The SMILES string of the molecule is COc1cccc(NC(C(N)=O)c2ccc(C)c(Br)c2)c1. The maximum atomic E-state index is 11.8. The number of ether oxygens (including phenoxy) is 1. The van der Waals surface area contributed by atoms with Gasteiger partial charge in [-0.3, -0.25) is 4.79 Å². The summed E-state index contributed by atoms with van der Waals surface area (Å²) in [5.41, 5.74) is 8.21. The number of carbonyl (C=O) groups is 1. The fraction of sp³-hybridized carbons (Fsp3) is 0.188. The van der Waals surface area contributed by atoms with Gasteiger partial charge in [-0.2, -0.15) is 0 Å². The van der Waals surface area contributed by atoms with Crippen molar-refractivity contribution in [2.24, 2.45) is 5.73 Å². The second kappa shape index (κ2) is 6.63. The summed E-state index contributed by atoms with van der Waals surface area (Å²) in [6, 6.07) is 12.5. The molecule has 2 aromatic carbocycles. The Kier molecular flexibility index (Phi) is 4.85. The number of hydrogen-bond acceptors (Lipinski definition) is 3. The summed E-state index contributed by atoms with van der Waals surface area (Å²) in [6.45, 7) is 1.99. The summed E-state index contributed by atoms with van der Waals surface area (Å²) < 4.78 is 6.12. The molecule has 1 amide bonds. The third-order valence-corrected chi connectivity index (χ3v) is 4.05. The molecule has 1 atom stereocenters. The van der Waals surface area contributed by atoms with Gasteiger partial charge in [-0.25, -0.2) is 0 Å². The molecule has 0 saturated heterocycles. The molecule has 5 heteroatoms. The van der Waals surface area contributed by atoms with Crippen LogP contribution in [0.2, 0.25) is 0 Å². The van der Waals surface area contributed by atoms with Gasteiger partial charge in [0.25, 0.3) is 0 Å². The van der Waals surface area contributed by atoms with Gasteiger partial charge in [-0.1, -0.05) is 34.1 Å². The molecule has 0 aliphatic rings. The number of anilines is 1. The van der Waals surface area contributed by atoms with E-state index in [9.17, 15) is 4.79 Å². The molecule has 0 aliphatic carbocycles. The van der Waals surface area contributed by atoms with Gasteiger partial charge in [-0.05, 0) is 36.2 Å². The number of amides is 1. The first-order chi connectivity index (χ1) is 10.0. The van der Waals surface area contributed by atoms with Crippen molar-refractivity contribution in [2.75, 3.05) is 12.4 Å². The number of methoxy groups -OCH3 is 1. The highest BCUT2D eigenvalue weighted by Gasteiger charge is 2.18. The summed E-state index contributed by atoms with van der Waals surface area (Å²) in [4.78, 5) is 11.8. The van der Waals surface area contributed by atoms with E-state index in [4.69, 9.17) is 10.5 Å². The number of aryl methyl sites for hydroxylation is 1. The molecule has 3 N–H and O–H groups in total. The molecule has 2 rings (SSSR count). The van der Waals surface area contributed by atoms with E-state index in [-0.39, 0.29) is 0 Å². The van der Waals surface area contributed by atoms with Crippen LogP contribution in [-0.2, 0) is 4.79 Å². The molecule has 2 aromatic rings. The van der Waals surface area contributed by atoms with Crippen molar-refractivity contribution in [1.82, 2.24) is 0 Å². The quantitative estimate of drug-likeness (QED) is 0.870. The summed E-state index contributed by atoms with van der Waals surface area (Å²) in [5, 5.41) is 3.14. The Hall–Kier alpha value is -2.01. The van der Waals surface area contributed by atoms with Crippen molar-refractivity contribution in [2.45, 2.75) is 13.0 Å². The van der Waals surface area contributed by atoms with E-state index in [2.05, 4.69) is 21.2 Å². The Morgan fingerprint density at radius 2 is 2.05 bits per heavy atom. The molecule has 0 saturated carbocycles. The molecule has 0 spiro atoms. The predicted molar refractivity (Wildman–Crippen MR) is 87.4 cm³/mol. The molecular formula is C16H17BrN2O2. The van der Waals surface area contributed by atoms with Crippen LogP contribution in [0.25, 0.3) is 0 Å². The van der Waals surface area contributed by atoms with Crippen LogP contribution in [0.5, 0.6) is 5.75 Å². The second-order valence-corrected chi connectivity index (χ2v) is 5.57. The van der Waals surface area contributed by atoms with Crippen molar-refractivity contribution in [3.63, 3.8) is 0 Å². The molecule has 0 heterocycles. The van der Waals surface area contributed by atoms with Crippen LogP contribution in [-0.4, -0.2) is 13.0 Å². The summed E-state index contributed by atoms with van der Waals surface area (Å²) in [5.74, 6) is 0.280. The minimum atomic E-state index is -0.603. The predicted octanol–water partition coefficient (Wildman–Crippen LogP) is 3.40. The van der Waals surface area contributed by atoms with Gasteiger partial charge in [0, 0.05) is 16.2 Å². The fourth-order valence-corrected chi connectivity index (χ4v) is 2.38. The monoisotopic (exact) mass is 348 g/mol. The zero-order valence-corrected chi connectivity index (χ0v) is 13.5. The van der Waals surface area contributed by atoms with Crippen LogP contribution in [0.4, 0.5) is 5.69 Å². The van der Waals surface area contributed by atoms with E-state index < -0.39 is 11.9 Å². The minimum absolute atomic E-state index is 0.437. The third-order valence-electron chi connectivity index (χ3n) is 3.19. The van der Waals surface area contributed by atoms with Gasteiger partial charge >= 0.3 is 0 Å². The number of hydrogen-bond donors (Lipinski definition) is 2. The van der Waals surface area contributed by atoms with Crippen LogP contribution in [0.1, 0.15) is 17.2 Å². The fourth-order valence-electron chi connectivity index (χ4n) is 1.99. The third kappa shape index (κ3) is 3.76. The minimum Gasteiger partial charge on any atom is -0.497 e. The van der Waals surface area contributed by atoms with Crippen molar-refractivity contribution < 1.29 is 9.53 Å². The lowest BCUT2D eigenvalue weighted by molar-refractivity contribution is -0.118. The molecule has 110 valence electrons. The molecule has 0 radical (unpaired) electrons. The van der Waals surface area contributed by atoms with Gasteiger partial charge in [0.15, 0.2) is 0 Å². The second-order valence-electron chi connectivity index (χ2n) is 4.72. The highest BCUT2D eigenvalue weighted by Crippen LogP contribution is 2.26. The first-order valence-corrected chi connectivity index (χ1v) is 7.26. The Morgan fingerprint density at radius 3 is 2.67 bits per heavy atom. The Labute approximate surface area is 132 Å². The summed E-state index contributed by atoms with van der Waals surface area (Å²) in [6.07, 6.45) is 0. The molecule has 0 fully saturated rings. The van der Waals surface area contributed by atoms with E-state index in [1.54, 1.807) is 7.11 Å². The van der Waals surface area contributed by atoms with Crippen molar-refractivity contribution in [3.05, 3.63) is 58.1 Å². The zero-order chi connectivity index (χ0) is 15.4. The summed E-state index contributed by atoms with van der Waals surface area (Å²) in [7, 11) is 1.60. The van der Waals surface area contributed by atoms with Gasteiger partial charge < -0.3 is 15.8 Å². The normalized spacial score (nSPS) is 11.8. The first-order valence-electron chi connectivity index (χ1n) is 6.47. The van der Waals surface area contributed by atoms with E-state index in [1.165, 1.54) is 0 Å². The van der Waals surface area contributed by atoms with Crippen molar-refractivity contribution in [3.8, 4) is 5.75 Å². The van der Waals surface area contributed by atoms with Gasteiger partial charge in [0.05, 0.1) is 7.11 Å². The van der Waals surface area contributed by atoms with Crippen LogP contribution < -0.4 is 15.8 Å². The molecule has 0 aliphatic heterocycles. The van der Waals surface area contributed by atoms with E-state index >= 15 is 0 Å². The average Bonchev–Trinajstić information content (AvgIpc) is 2.47. The molecule has 1 unspecified atom stereocenters. The largest absolute Gasteiger partial charge is 0.497 e. The van der Waals surface area contributed by atoms with E-state index in [1.807, 2.05) is 49.4 Å². The van der Waals surface area contributed by atoms with E-state index in [0.717, 1.165) is 21.3 Å². The summed E-state index contributed by atoms with van der Waals surface area (Å²) >= 11 is 3.47. The highest BCUT2D eigenvalue weighted by molar-refractivity contribution is 9.10. The topological polar surface area (TPSA) is 64.3 Å². The molecule has 4 nitrogen and oxygen atoms in total. The van der Waals surface area contributed by atoms with Crippen LogP contribution >= 0.6 is 15.9 Å². The number of benzene rings is 2. The Balaban J connectivity index is 2.30. The van der Waals surface area contributed by atoms with E-state index in [0.29, 0.717) is 5.75 Å². The van der Waals surface area contributed by atoms with Crippen molar-refractivity contribution in [1.29, 1.82) is 0 Å². The maximum Gasteiger partial charge on any atom is 0.244 e. The number of nitrogens with two attached hydrogens (primary N) is 1. The lowest BCUT2D eigenvalue weighted by atomic mass is 10.0. The van der Waals surface area contributed by atoms with Gasteiger partial charge in [-0.15, -0.1) is 0 Å². The van der Waals surface area contributed by atoms with Gasteiger partial charge in [0.1, 0.15) is 11.8 Å². The molecule has 0 aromatic heterocycles. The number of halogens is 1. The molecule has 21 heavy (non-hydrogen) atoms. The number of carbonyl (C=O) groups excluding carboxylic acids is 1. The Bertz CT molecular complexity index is 658. The zero-order valence-electron chi connectivity index (χ0n) is 11.9. The average molecular weight is 349 g/mol. The van der Waals surface area contributed by atoms with Crippen LogP contribution in [0, 0.1) is 6.92 Å². The number of rotatable bonds is 5. The maximum absolute atomic E-state index is 11.8. The molecule has 0 bridgehead atoms. The first kappa shape index (κ1) is 15.4. The Morgan fingerprint density at radius 1 is 1.29 bits per heavy atom. The lowest BCUT2D eigenvalue weighted by Crippen LogP contribution is -2.27. The smallest absolute Gasteiger partial charge is 0.244 e. The molecular weight excluding hydrogens is 332 g/mol. The number of primary amides is 1. The van der Waals surface area contributed by atoms with Crippen LogP contribution in [0.3, 0.4) is 0 Å². The number of nitrogens with one attached hydrogen (secondary N) is 1. The van der Waals surface area contributed by atoms with Gasteiger partial charge in [0.2, 0.25) is 5.91 Å². The van der Waals surface area contributed by atoms with Crippen molar-refractivity contribution >= 4 is 27.5 Å². The van der Waals surface area contributed by atoms with Crippen LogP contribution in [0.15, 0.2) is 46.9 Å². The standard InChI is InChI=1S/C16H17BrN2O2/c1-10-6-7-11(8-14(10)17)15(16(18)20)19-12-4-3-5-13(9-12)21-2/h3-9,15,19H,1-2H3,(H2,18,20). The highest BCUT2D eigenvalue weighted by atomic mass is 79.9. The lowest BCUT2D eigenvalue weighted by Gasteiger charge is -2.18.